The minimum absolute atomic E-state index is 0.609. The molecular weight excluding hydrogens is 585 g/mol. The van der Waals surface area contributed by atoms with Gasteiger partial charge < -0.3 is 9.13 Å². The summed E-state index contributed by atoms with van der Waals surface area (Å²) in [4.78, 5) is 0. The normalized spacial score (nSPS) is 11.3. The summed E-state index contributed by atoms with van der Waals surface area (Å²) in [7, 11) is 0. The molecule has 0 amide bonds. The number of hydrogen-bond acceptors (Lipinski definition) is 2. The SMILES string of the molecule is N#Cc1ccc(-c2ccccc2-c2cccc(-n3c4ccccc4c4ccc(C#N)cc43)c2)c(-n2c3ccccc3c3ccccc32)c1. The van der Waals surface area contributed by atoms with E-state index in [1.54, 1.807) is 0 Å². The highest BCUT2D eigenvalue weighted by molar-refractivity contribution is 6.11. The quantitative estimate of drug-likeness (QED) is 0.199. The molecule has 0 saturated heterocycles. The van der Waals surface area contributed by atoms with Crippen molar-refractivity contribution in [1.29, 1.82) is 10.5 Å². The van der Waals surface area contributed by atoms with Crippen LogP contribution in [0.15, 0.2) is 158 Å². The lowest BCUT2D eigenvalue weighted by molar-refractivity contribution is 1.18. The summed E-state index contributed by atoms with van der Waals surface area (Å²) in [5, 5.41) is 24.3. The van der Waals surface area contributed by atoms with Crippen LogP contribution < -0.4 is 0 Å². The average molecular weight is 611 g/mol. The number of aromatic nitrogens is 2. The van der Waals surface area contributed by atoms with Crippen LogP contribution in [0.3, 0.4) is 0 Å². The Labute approximate surface area is 277 Å². The molecule has 7 aromatic carbocycles. The van der Waals surface area contributed by atoms with E-state index in [0.717, 1.165) is 66.5 Å². The zero-order chi connectivity index (χ0) is 32.2. The van der Waals surface area contributed by atoms with Gasteiger partial charge in [-0.1, -0.05) is 103 Å². The zero-order valence-electron chi connectivity index (χ0n) is 25.8. The molecule has 9 rings (SSSR count). The maximum absolute atomic E-state index is 10.0. The third-order valence-electron chi connectivity index (χ3n) is 9.38. The Bertz CT molecular complexity index is 2760. The second kappa shape index (κ2) is 10.9. The number of nitriles is 2. The van der Waals surface area contributed by atoms with Crippen LogP contribution in [0.2, 0.25) is 0 Å². The van der Waals surface area contributed by atoms with E-state index in [9.17, 15) is 10.5 Å². The molecule has 0 bridgehead atoms. The van der Waals surface area contributed by atoms with Gasteiger partial charge in [0.1, 0.15) is 0 Å². The molecule has 222 valence electrons. The van der Waals surface area contributed by atoms with Crippen molar-refractivity contribution in [3.63, 3.8) is 0 Å². The summed E-state index contributed by atoms with van der Waals surface area (Å²) in [6, 6.07) is 59.0. The fourth-order valence-electron chi connectivity index (χ4n) is 7.30. The number of fused-ring (bicyclic) bond motifs is 6. The van der Waals surface area contributed by atoms with E-state index in [1.165, 1.54) is 10.8 Å². The van der Waals surface area contributed by atoms with Crippen LogP contribution in [0.5, 0.6) is 0 Å². The van der Waals surface area contributed by atoms with Gasteiger partial charge in [0.2, 0.25) is 0 Å². The molecule has 0 radical (unpaired) electrons. The summed E-state index contributed by atoms with van der Waals surface area (Å²) < 4.78 is 4.54. The summed E-state index contributed by atoms with van der Waals surface area (Å²) in [5.74, 6) is 0. The van der Waals surface area contributed by atoms with Crippen molar-refractivity contribution >= 4 is 43.6 Å². The fraction of sp³-hybridized carbons (Fsp3) is 0. The second-order valence-electron chi connectivity index (χ2n) is 12.0. The Balaban J connectivity index is 1.28. The summed E-state index contributed by atoms with van der Waals surface area (Å²) in [6.45, 7) is 0. The molecule has 2 aromatic heterocycles. The van der Waals surface area contributed by atoms with Gasteiger partial charge in [0.15, 0.2) is 0 Å². The number of rotatable bonds is 4. The van der Waals surface area contributed by atoms with E-state index in [1.807, 2.05) is 30.3 Å². The van der Waals surface area contributed by atoms with Crippen LogP contribution in [0.25, 0.3) is 77.2 Å². The molecule has 0 unspecified atom stereocenters. The molecule has 0 N–H and O–H groups in total. The van der Waals surface area contributed by atoms with Crippen molar-refractivity contribution in [2.45, 2.75) is 0 Å². The molecule has 0 saturated carbocycles. The van der Waals surface area contributed by atoms with Gasteiger partial charge in [0, 0.05) is 32.8 Å². The summed E-state index contributed by atoms with van der Waals surface area (Å²) in [5.41, 5.74) is 11.8. The second-order valence-corrected chi connectivity index (χ2v) is 12.0. The molecule has 0 aliphatic rings. The fourth-order valence-corrected chi connectivity index (χ4v) is 7.30. The Morgan fingerprint density at radius 1 is 0.375 bits per heavy atom. The minimum atomic E-state index is 0.609. The van der Waals surface area contributed by atoms with Crippen molar-refractivity contribution in [3.8, 4) is 45.8 Å². The van der Waals surface area contributed by atoms with Crippen molar-refractivity contribution in [1.82, 2.24) is 9.13 Å². The summed E-state index contributed by atoms with van der Waals surface area (Å²) >= 11 is 0. The van der Waals surface area contributed by atoms with E-state index < -0.39 is 0 Å². The first-order valence-electron chi connectivity index (χ1n) is 15.9. The molecular formula is C44H26N4. The maximum Gasteiger partial charge on any atom is 0.0992 e. The van der Waals surface area contributed by atoms with Crippen LogP contribution in [0.4, 0.5) is 0 Å². The molecule has 2 heterocycles. The molecule has 4 nitrogen and oxygen atoms in total. The Hall–Kier alpha value is -6.88. The van der Waals surface area contributed by atoms with Crippen molar-refractivity contribution in [3.05, 3.63) is 169 Å². The van der Waals surface area contributed by atoms with Gasteiger partial charge in [-0.25, -0.2) is 0 Å². The monoisotopic (exact) mass is 610 g/mol. The largest absolute Gasteiger partial charge is 0.309 e. The maximum atomic E-state index is 10.0. The third-order valence-corrected chi connectivity index (χ3v) is 9.38. The van der Waals surface area contributed by atoms with Crippen LogP contribution in [-0.2, 0) is 0 Å². The molecule has 0 aliphatic carbocycles. The smallest absolute Gasteiger partial charge is 0.0992 e. The van der Waals surface area contributed by atoms with Crippen LogP contribution in [0.1, 0.15) is 11.1 Å². The summed E-state index contributed by atoms with van der Waals surface area (Å²) in [6.07, 6.45) is 0. The van der Waals surface area contributed by atoms with E-state index in [-0.39, 0.29) is 0 Å². The van der Waals surface area contributed by atoms with Crippen LogP contribution >= 0.6 is 0 Å². The molecule has 0 fully saturated rings. The topological polar surface area (TPSA) is 57.4 Å². The van der Waals surface area contributed by atoms with Gasteiger partial charge in [-0.15, -0.1) is 0 Å². The van der Waals surface area contributed by atoms with Crippen molar-refractivity contribution < 1.29 is 0 Å². The minimum Gasteiger partial charge on any atom is -0.309 e. The van der Waals surface area contributed by atoms with Gasteiger partial charge in [0.05, 0.1) is 51.0 Å². The van der Waals surface area contributed by atoms with Crippen molar-refractivity contribution in [2.24, 2.45) is 0 Å². The van der Waals surface area contributed by atoms with E-state index in [2.05, 4.69) is 149 Å². The van der Waals surface area contributed by atoms with E-state index >= 15 is 0 Å². The van der Waals surface area contributed by atoms with Crippen LogP contribution in [-0.4, -0.2) is 9.13 Å². The predicted octanol–water partition coefficient (Wildman–Crippen LogP) is 11.0. The predicted molar refractivity (Wildman–Crippen MR) is 195 cm³/mol. The number of para-hydroxylation sites is 3. The number of hydrogen-bond donors (Lipinski definition) is 0. The van der Waals surface area contributed by atoms with Gasteiger partial charge in [-0.05, 0) is 71.3 Å². The molecule has 4 heteroatoms. The van der Waals surface area contributed by atoms with Crippen LogP contribution in [0, 0.1) is 22.7 Å². The third kappa shape index (κ3) is 4.14. The molecule has 48 heavy (non-hydrogen) atoms. The van der Waals surface area contributed by atoms with Gasteiger partial charge in [0.25, 0.3) is 0 Å². The first-order valence-corrected chi connectivity index (χ1v) is 15.9. The standard InChI is InChI=1S/C44H26N4/c45-27-29-21-23-39-37-16-3-6-17-40(37)47(43(39)24-29)32-11-9-10-31(26-32)33-12-1-2-13-34(33)38-22-20-30(28-46)25-44(38)48-41-18-7-4-14-35(41)36-15-5-8-19-42(36)48/h1-26H. The molecule has 0 atom stereocenters. The Morgan fingerprint density at radius 2 is 0.917 bits per heavy atom. The lowest BCUT2D eigenvalue weighted by Crippen LogP contribution is -1.99. The Kier molecular flexibility index (Phi) is 6.22. The highest BCUT2D eigenvalue weighted by atomic mass is 15.0. The van der Waals surface area contributed by atoms with E-state index in [4.69, 9.17) is 0 Å². The number of benzene rings is 7. The van der Waals surface area contributed by atoms with Crippen molar-refractivity contribution in [2.75, 3.05) is 0 Å². The highest BCUT2D eigenvalue weighted by Crippen LogP contribution is 2.41. The van der Waals surface area contributed by atoms with Gasteiger partial charge >= 0.3 is 0 Å². The number of nitrogens with zero attached hydrogens (tertiary/aromatic N) is 4. The highest BCUT2D eigenvalue weighted by Gasteiger charge is 2.19. The average Bonchev–Trinajstić information content (AvgIpc) is 3.67. The lowest BCUT2D eigenvalue weighted by atomic mass is 9.92. The van der Waals surface area contributed by atoms with Gasteiger partial charge in [-0.3, -0.25) is 0 Å². The first-order chi connectivity index (χ1) is 23.7. The zero-order valence-corrected chi connectivity index (χ0v) is 25.8. The molecule has 0 aliphatic heterocycles. The van der Waals surface area contributed by atoms with E-state index in [0.29, 0.717) is 11.1 Å². The van der Waals surface area contributed by atoms with Gasteiger partial charge in [-0.2, -0.15) is 10.5 Å². The lowest BCUT2D eigenvalue weighted by Gasteiger charge is -2.18. The Morgan fingerprint density at radius 3 is 1.58 bits per heavy atom. The molecule has 9 aromatic rings. The first kappa shape index (κ1) is 27.4. The molecule has 0 spiro atoms.